The van der Waals surface area contributed by atoms with Gasteiger partial charge in [0.25, 0.3) is 4.80 Å². The molecule has 78 valence electrons. The normalized spacial score (nSPS) is 10.5. The van der Waals surface area contributed by atoms with Gasteiger partial charge < -0.3 is 10.2 Å². The second kappa shape index (κ2) is 4.55. The number of aromatic nitrogens is 2. The van der Waals surface area contributed by atoms with Gasteiger partial charge >= 0.3 is 0 Å². The van der Waals surface area contributed by atoms with Crippen LogP contribution in [0.4, 0.5) is 0 Å². The summed E-state index contributed by atoms with van der Waals surface area (Å²) in [4.78, 5) is 0.413. The molecule has 0 unspecified atom stereocenters. The van der Waals surface area contributed by atoms with Crippen LogP contribution in [0.25, 0.3) is 0 Å². The van der Waals surface area contributed by atoms with Crippen molar-refractivity contribution in [3.8, 4) is 0 Å². The van der Waals surface area contributed by atoms with E-state index in [2.05, 4.69) is 26.1 Å². The molecule has 0 aliphatic rings. The highest BCUT2D eigenvalue weighted by Gasteiger charge is 2.04. The first-order chi connectivity index (χ1) is 7.28. The Balaban J connectivity index is 2.11. The SMILES string of the molecule is NCc1ccc(Cc2nnc(Br)o2)cc1. The van der Waals surface area contributed by atoms with Crippen LogP contribution in [-0.4, -0.2) is 10.2 Å². The molecule has 0 atom stereocenters. The topological polar surface area (TPSA) is 64.9 Å². The van der Waals surface area contributed by atoms with Crippen LogP contribution in [0.1, 0.15) is 17.0 Å². The van der Waals surface area contributed by atoms with Gasteiger partial charge in [-0.2, -0.15) is 0 Å². The summed E-state index contributed by atoms with van der Waals surface area (Å²) in [5.74, 6) is 0.599. The molecule has 4 nitrogen and oxygen atoms in total. The van der Waals surface area contributed by atoms with Crippen LogP contribution >= 0.6 is 15.9 Å². The zero-order chi connectivity index (χ0) is 10.7. The lowest BCUT2D eigenvalue weighted by Gasteiger charge is -1.99. The second-order valence-corrected chi connectivity index (χ2v) is 3.82. The molecule has 0 aliphatic carbocycles. The first-order valence-electron chi connectivity index (χ1n) is 4.53. The van der Waals surface area contributed by atoms with E-state index in [1.807, 2.05) is 24.3 Å². The molecule has 5 heteroatoms. The van der Waals surface area contributed by atoms with E-state index in [9.17, 15) is 0 Å². The van der Waals surface area contributed by atoms with Crippen molar-refractivity contribution in [2.45, 2.75) is 13.0 Å². The molecule has 2 N–H and O–H groups in total. The summed E-state index contributed by atoms with van der Waals surface area (Å²) in [6, 6.07) is 8.03. The van der Waals surface area contributed by atoms with Gasteiger partial charge in [-0.3, -0.25) is 0 Å². The van der Waals surface area contributed by atoms with Gasteiger partial charge in [0.15, 0.2) is 0 Å². The van der Waals surface area contributed by atoms with Crippen molar-refractivity contribution in [3.05, 3.63) is 46.1 Å². The van der Waals surface area contributed by atoms with E-state index in [1.165, 1.54) is 0 Å². The average Bonchev–Trinajstić information content (AvgIpc) is 2.65. The molecule has 0 radical (unpaired) electrons. The third-order valence-corrected chi connectivity index (χ3v) is 2.38. The molecular formula is C10H10BrN3O. The third kappa shape index (κ3) is 2.64. The van der Waals surface area contributed by atoms with Crippen molar-refractivity contribution in [2.24, 2.45) is 5.73 Å². The lowest BCUT2D eigenvalue weighted by Crippen LogP contribution is -1.96. The number of hydrogen-bond donors (Lipinski definition) is 1. The maximum absolute atomic E-state index is 5.51. The van der Waals surface area contributed by atoms with Gasteiger partial charge in [0.2, 0.25) is 5.89 Å². The fourth-order valence-electron chi connectivity index (χ4n) is 1.27. The molecule has 0 amide bonds. The molecule has 0 saturated carbocycles. The van der Waals surface area contributed by atoms with Crippen LogP contribution in [0, 0.1) is 0 Å². The van der Waals surface area contributed by atoms with Crippen LogP contribution in [0.15, 0.2) is 33.5 Å². The van der Waals surface area contributed by atoms with Gasteiger partial charge in [0.1, 0.15) is 0 Å². The summed E-state index contributed by atoms with van der Waals surface area (Å²) in [7, 11) is 0. The number of halogens is 1. The van der Waals surface area contributed by atoms with E-state index in [0.29, 0.717) is 23.7 Å². The smallest absolute Gasteiger partial charge is 0.284 e. The Hall–Kier alpha value is -1.20. The van der Waals surface area contributed by atoms with E-state index in [1.54, 1.807) is 0 Å². The summed E-state index contributed by atoms with van der Waals surface area (Å²) < 4.78 is 5.21. The highest BCUT2D eigenvalue weighted by molar-refractivity contribution is 9.10. The van der Waals surface area contributed by atoms with Crippen LogP contribution in [-0.2, 0) is 13.0 Å². The van der Waals surface area contributed by atoms with Gasteiger partial charge in [0, 0.05) is 22.5 Å². The lowest BCUT2D eigenvalue weighted by atomic mass is 10.1. The molecule has 15 heavy (non-hydrogen) atoms. The predicted octanol–water partition coefficient (Wildman–Crippen LogP) is 1.88. The molecule has 1 heterocycles. The van der Waals surface area contributed by atoms with Crippen LogP contribution in [0.3, 0.4) is 0 Å². The maximum atomic E-state index is 5.51. The zero-order valence-corrected chi connectivity index (χ0v) is 9.57. The summed E-state index contributed by atoms with van der Waals surface area (Å²) in [6.07, 6.45) is 0.642. The van der Waals surface area contributed by atoms with Crippen molar-refractivity contribution >= 4 is 15.9 Å². The van der Waals surface area contributed by atoms with E-state index >= 15 is 0 Å². The van der Waals surface area contributed by atoms with Gasteiger partial charge in [-0.05, 0) is 11.1 Å². The maximum Gasteiger partial charge on any atom is 0.284 e. The third-order valence-electron chi connectivity index (χ3n) is 2.06. The minimum atomic E-state index is 0.413. The Labute approximate surface area is 95.6 Å². The summed E-state index contributed by atoms with van der Waals surface area (Å²) in [5.41, 5.74) is 7.75. The van der Waals surface area contributed by atoms with E-state index in [4.69, 9.17) is 10.2 Å². The highest BCUT2D eigenvalue weighted by Crippen LogP contribution is 2.12. The Morgan fingerprint density at radius 2 is 1.80 bits per heavy atom. The summed E-state index contributed by atoms with van der Waals surface area (Å²) in [6.45, 7) is 0.562. The molecule has 0 saturated heterocycles. The zero-order valence-electron chi connectivity index (χ0n) is 7.98. The number of hydrogen-bond acceptors (Lipinski definition) is 4. The summed E-state index contributed by atoms with van der Waals surface area (Å²) >= 11 is 3.11. The van der Waals surface area contributed by atoms with Gasteiger partial charge in [0.05, 0.1) is 6.42 Å². The standard InChI is InChI=1S/C10H10BrN3O/c11-10-14-13-9(15-10)5-7-1-3-8(6-12)4-2-7/h1-4H,5-6,12H2. The van der Waals surface area contributed by atoms with E-state index in [0.717, 1.165) is 11.1 Å². The predicted molar refractivity (Wildman–Crippen MR) is 59.1 cm³/mol. The number of rotatable bonds is 3. The quantitative estimate of drug-likeness (QED) is 0.923. The van der Waals surface area contributed by atoms with E-state index < -0.39 is 0 Å². The van der Waals surface area contributed by atoms with Crippen molar-refractivity contribution < 1.29 is 4.42 Å². The largest absolute Gasteiger partial charge is 0.415 e. The molecule has 0 aliphatic heterocycles. The number of benzene rings is 1. The summed E-state index contributed by atoms with van der Waals surface area (Å²) in [5, 5.41) is 7.59. The Morgan fingerprint density at radius 1 is 1.13 bits per heavy atom. The first kappa shape index (κ1) is 10.3. The van der Waals surface area contributed by atoms with Crippen molar-refractivity contribution in [3.63, 3.8) is 0 Å². The molecular weight excluding hydrogens is 258 g/mol. The number of nitrogens with two attached hydrogens (primary N) is 1. The van der Waals surface area contributed by atoms with Gasteiger partial charge in [-0.1, -0.05) is 24.3 Å². The minimum Gasteiger partial charge on any atom is -0.415 e. The molecule has 0 bridgehead atoms. The van der Waals surface area contributed by atoms with Crippen molar-refractivity contribution in [2.75, 3.05) is 0 Å². The van der Waals surface area contributed by atoms with Crippen molar-refractivity contribution in [1.29, 1.82) is 0 Å². The highest BCUT2D eigenvalue weighted by atomic mass is 79.9. The molecule has 2 rings (SSSR count). The fourth-order valence-corrected chi connectivity index (χ4v) is 1.54. The molecule has 0 fully saturated rings. The van der Waals surface area contributed by atoms with Crippen LogP contribution in [0.5, 0.6) is 0 Å². The molecule has 1 aromatic carbocycles. The fraction of sp³-hybridized carbons (Fsp3) is 0.200. The Kier molecular flexibility index (Phi) is 3.13. The molecule has 0 spiro atoms. The van der Waals surface area contributed by atoms with Crippen LogP contribution in [0.2, 0.25) is 0 Å². The average molecular weight is 268 g/mol. The molecule has 1 aromatic heterocycles. The van der Waals surface area contributed by atoms with Crippen LogP contribution < -0.4 is 5.73 Å². The second-order valence-electron chi connectivity index (χ2n) is 3.15. The lowest BCUT2D eigenvalue weighted by molar-refractivity contribution is 0.482. The monoisotopic (exact) mass is 267 g/mol. The Bertz CT molecular complexity index is 438. The number of nitrogens with zero attached hydrogens (tertiary/aromatic N) is 2. The van der Waals surface area contributed by atoms with Gasteiger partial charge in [-0.15, -0.1) is 10.2 Å². The van der Waals surface area contributed by atoms with Crippen molar-refractivity contribution in [1.82, 2.24) is 10.2 Å². The van der Waals surface area contributed by atoms with E-state index in [-0.39, 0.29) is 0 Å². The van der Waals surface area contributed by atoms with Gasteiger partial charge in [-0.25, -0.2) is 0 Å². The first-order valence-corrected chi connectivity index (χ1v) is 5.33. The minimum absolute atomic E-state index is 0.413. The molecule has 2 aromatic rings. The Morgan fingerprint density at radius 3 is 2.33 bits per heavy atom.